The molecule has 0 fully saturated rings. The molecule has 1 aromatic heterocycles. The standard InChI is InChI=1S/C5H5N.C5H8O2/c1-2-4-6-5-3-1;1-3-5(6)7-4-2/h1-5H;3H,1,4H2,2H3. The lowest BCUT2D eigenvalue weighted by Gasteiger charge is -1.90. The number of aromatic nitrogens is 1. The molecule has 1 aromatic rings. The normalized spacial score (nSPS) is 7.77. The minimum absolute atomic E-state index is 0.359. The van der Waals surface area contributed by atoms with E-state index in [1.165, 1.54) is 0 Å². The first-order chi connectivity index (χ1) is 6.31. The first-order valence-corrected chi connectivity index (χ1v) is 3.95. The number of pyridine rings is 1. The zero-order valence-corrected chi connectivity index (χ0v) is 7.64. The molecule has 1 rings (SSSR count). The fraction of sp³-hybridized carbons (Fsp3) is 0.200. The smallest absolute Gasteiger partial charge is 0.330 e. The summed E-state index contributed by atoms with van der Waals surface area (Å²) in [5.41, 5.74) is 0. The number of carbonyl (C=O) groups is 1. The maximum atomic E-state index is 10.1. The molecule has 3 nitrogen and oxygen atoms in total. The van der Waals surface area contributed by atoms with E-state index in [0.717, 1.165) is 6.08 Å². The van der Waals surface area contributed by atoms with Crippen LogP contribution in [0.2, 0.25) is 0 Å². The highest BCUT2D eigenvalue weighted by Crippen LogP contribution is 1.74. The van der Waals surface area contributed by atoms with Crippen LogP contribution in [0.5, 0.6) is 0 Å². The lowest BCUT2D eigenvalue weighted by atomic mass is 10.5. The quantitative estimate of drug-likeness (QED) is 0.513. The fourth-order valence-electron chi connectivity index (χ4n) is 0.514. The lowest BCUT2D eigenvalue weighted by molar-refractivity contribution is -0.137. The molecule has 0 bridgehead atoms. The van der Waals surface area contributed by atoms with E-state index in [1.807, 2.05) is 18.2 Å². The van der Waals surface area contributed by atoms with Crippen LogP contribution in [0.3, 0.4) is 0 Å². The first kappa shape index (κ1) is 11.4. The molecule has 0 unspecified atom stereocenters. The van der Waals surface area contributed by atoms with E-state index < -0.39 is 0 Å². The van der Waals surface area contributed by atoms with Gasteiger partial charge in [0.15, 0.2) is 0 Å². The van der Waals surface area contributed by atoms with Crippen molar-refractivity contribution in [2.45, 2.75) is 6.92 Å². The average molecular weight is 179 g/mol. The highest BCUT2D eigenvalue weighted by Gasteiger charge is 1.86. The molecule has 70 valence electrons. The number of ether oxygens (including phenoxy) is 1. The van der Waals surface area contributed by atoms with E-state index in [0.29, 0.717) is 6.61 Å². The predicted octanol–water partition coefficient (Wildman–Crippen LogP) is 1.82. The summed E-state index contributed by atoms with van der Waals surface area (Å²) >= 11 is 0. The number of hydrogen-bond acceptors (Lipinski definition) is 3. The minimum atomic E-state index is -0.359. The minimum Gasteiger partial charge on any atom is -0.463 e. The van der Waals surface area contributed by atoms with Gasteiger partial charge in [-0.05, 0) is 19.1 Å². The zero-order chi connectivity index (χ0) is 9.94. The summed E-state index contributed by atoms with van der Waals surface area (Å²) in [5.74, 6) is -0.359. The Bertz CT molecular complexity index is 207. The summed E-state index contributed by atoms with van der Waals surface area (Å²) in [7, 11) is 0. The zero-order valence-electron chi connectivity index (χ0n) is 7.64. The van der Waals surface area contributed by atoms with Gasteiger partial charge in [-0.1, -0.05) is 12.6 Å². The number of esters is 1. The number of rotatable bonds is 2. The van der Waals surface area contributed by atoms with Gasteiger partial charge in [-0.25, -0.2) is 4.79 Å². The molecule has 0 spiro atoms. The van der Waals surface area contributed by atoms with Crippen molar-refractivity contribution in [2.24, 2.45) is 0 Å². The van der Waals surface area contributed by atoms with E-state index >= 15 is 0 Å². The summed E-state index contributed by atoms with van der Waals surface area (Å²) in [6, 6.07) is 5.72. The van der Waals surface area contributed by atoms with Gasteiger partial charge >= 0.3 is 5.97 Å². The van der Waals surface area contributed by atoms with Crippen molar-refractivity contribution in [2.75, 3.05) is 6.61 Å². The molecule has 0 aromatic carbocycles. The van der Waals surface area contributed by atoms with Crippen LogP contribution in [0.1, 0.15) is 6.92 Å². The molecule has 0 saturated heterocycles. The van der Waals surface area contributed by atoms with Crippen molar-refractivity contribution in [3.63, 3.8) is 0 Å². The third-order valence-corrected chi connectivity index (χ3v) is 1.02. The summed E-state index contributed by atoms with van der Waals surface area (Å²) in [6.45, 7) is 5.38. The van der Waals surface area contributed by atoms with Crippen LogP contribution in [0.15, 0.2) is 43.2 Å². The Hall–Kier alpha value is -1.64. The molecular weight excluding hydrogens is 166 g/mol. The van der Waals surface area contributed by atoms with Crippen LogP contribution in [-0.2, 0) is 9.53 Å². The Labute approximate surface area is 78.1 Å². The Morgan fingerprint density at radius 2 is 2.08 bits per heavy atom. The van der Waals surface area contributed by atoms with Crippen LogP contribution in [-0.4, -0.2) is 17.6 Å². The third kappa shape index (κ3) is 8.26. The number of nitrogens with zero attached hydrogens (tertiary/aromatic N) is 1. The molecule has 0 atom stereocenters. The highest BCUT2D eigenvalue weighted by molar-refractivity contribution is 5.81. The first-order valence-electron chi connectivity index (χ1n) is 3.95. The summed E-state index contributed by atoms with van der Waals surface area (Å²) in [6.07, 6.45) is 4.64. The van der Waals surface area contributed by atoms with Gasteiger partial charge in [-0.15, -0.1) is 0 Å². The molecular formula is C10H13NO2. The van der Waals surface area contributed by atoms with Crippen molar-refractivity contribution < 1.29 is 9.53 Å². The van der Waals surface area contributed by atoms with Crippen molar-refractivity contribution in [1.29, 1.82) is 0 Å². The largest absolute Gasteiger partial charge is 0.463 e. The Balaban J connectivity index is 0.000000223. The van der Waals surface area contributed by atoms with Gasteiger partial charge in [-0.2, -0.15) is 0 Å². The molecule has 0 aliphatic rings. The predicted molar refractivity (Wildman–Crippen MR) is 51.1 cm³/mol. The van der Waals surface area contributed by atoms with E-state index in [2.05, 4.69) is 16.3 Å². The van der Waals surface area contributed by atoms with Crippen molar-refractivity contribution >= 4 is 5.97 Å². The van der Waals surface area contributed by atoms with Gasteiger partial charge in [0.1, 0.15) is 0 Å². The molecule has 13 heavy (non-hydrogen) atoms. The van der Waals surface area contributed by atoms with E-state index in [1.54, 1.807) is 19.3 Å². The molecule has 0 N–H and O–H groups in total. The van der Waals surface area contributed by atoms with Crippen LogP contribution >= 0.6 is 0 Å². The molecule has 0 aliphatic heterocycles. The molecule has 0 amide bonds. The van der Waals surface area contributed by atoms with Gasteiger partial charge < -0.3 is 4.74 Å². The second-order valence-electron chi connectivity index (χ2n) is 1.98. The fourth-order valence-corrected chi connectivity index (χ4v) is 0.514. The van der Waals surface area contributed by atoms with Crippen LogP contribution in [0.25, 0.3) is 0 Å². The number of hydrogen-bond donors (Lipinski definition) is 0. The molecule has 3 heteroatoms. The molecule has 0 aliphatic carbocycles. The van der Waals surface area contributed by atoms with Gasteiger partial charge in [-0.3, -0.25) is 4.98 Å². The van der Waals surface area contributed by atoms with Crippen molar-refractivity contribution in [3.8, 4) is 0 Å². The van der Waals surface area contributed by atoms with Crippen LogP contribution in [0, 0.1) is 0 Å². The van der Waals surface area contributed by atoms with Crippen molar-refractivity contribution in [1.82, 2.24) is 4.98 Å². The average Bonchev–Trinajstić information content (AvgIpc) is 2.22. The molecule has 0 radical (unpaired) electrons. The summed E-state index contributed by atoms with van der Waals surface area (Å²) in [4.78, 5) is 13.9. The Kier molecular flexibility index (Phi) is 7.39. The van der Waals surface area contributed by atoms with Crippen LogP contribution < -0.4 is 0 Å². The topological polar surface area (TPSA) is 39.2 Å². The monoisotopic (exact) mass is 179 g/mol. The van der Waals surface area contributed by atoms with Crippen molar-refractivity contribution in [3.05, 3.63) is 43.2 Å². The van der Waals surface area contributed by atoms with Gasteiger partial charge in [0.05, 0.1) is 6.61 Å². The molecule has 0 saturated carbocycles. The summed E-state index contributed by atoms with van der Waals surface area (Å²) < 4.78 is 4.43. The highest BCUT2D eigenvalue weighted by atomic mass is 16.5. The van der Waals surface area contributed by atoms with Gasteiger partial charge in [0, 0.05) is 18.5 Å². The van der Waals surface area contributed by atoms with Crippen LogP contribution in [0.4, 0.5) is 0 Å². The summed E-state index contributed by atoms with van der Waals surface area (Å²) in [5, 5.41) is 0. The van der Waals surface area contributed by atoms with E-state index in [9.17, 15) is 4.79 Å². The van der Waals surface area contributed by atoms with E-state index in [4.69, 9.17) is 0 Å². The Morgan fingerprint density at radius 1 is 1.46 bits per heavy atom. The maximum absolute atomic E-state index is 10.1. The Morgan fingerprint density at radius 3 is 2.23 bits per heavy atom. The lowest BCUT2D eigenvalue weighted by Crippen LogP contribution is -1.97. The second kappa shape index (κ2) is 8.46. The SMILES string of the molecule is C=CC(=O)OCC.c1ccncc1. The van der Waals surface area contributed by atoms with Gasteiger partial charge in [0.2, 0.25) is 0 Å². The second-order valence-corrected chi connectivity index (χ2v) is 1.98. The third-order valence-electron chi connectivity index (χ3n) is 1.02. The molecule has 1 heterocycles. The van der Waals surface area contributed by atoms with E-state index in [-0.39, 0.29) is 5.97 Å². The maximum Gasteiger partial charge on any atom is 0.330 e. The number of carbonyl (C=O) groups excluding carboxylic acids is 1. The van der Waals surface area contributed by atoms with Gasteiger partial charge in [0.25, 0.3) is 0 Å².